The third-order valence-electron chi connectivity index (χ3n) is 3.22. The first-order valence-electron chi connectivity index (χ1n) is 6.22. The third kappa shape index (κ3) is 7.06. The smallest absolute Gasteiger partial charge is 0.00168 e. The van der Waals surface area contributed by atoms with Crippen LogP contribution in [0, 0.1) is 0 Å². The quantitative estimate of drug-likeness (QED) is 0.531. The second-order valence-corrected chi connectivity index (χ2v) is 6.95. The molecule has 0 aromatic carbocycles. The van der Waals surface area contributed by atoms with Crippen molar-refractivity contribution in [2.45, 2.75) is 73.5 Å². The second-order valence-electron chi connectivity index (χ2n) is 4.75. The van der Waals surface area contributed by atoms with Gasteiger partial charge in [0.2, 0.25) is 0 Å². The molecule has 0 saturated heterocycles. The van der Waals surface area contributed by atoms with E-state index in [1.807, 2.05) is 0 Å². The van der Waals surface area contributed by atoms with Crippen LogP contribution in [0.25, 0.3) is 0 Å². The third-order valence-corrected chi connectivity index (χ3v) is 4.77. The van der Waals surface area contributed by atoms with Gasteiger partial charge in [0.25, 0.3) is 0 Å². The molecule has 0 N–H and O–H groups in total. The predicted molar refractivity (Wildman–Crippen MR) is 79.9 cm³/mol. The number of thiol groups is 3. The standard InChI is InChI=1S/C12H24S3/c13-10-4-1-5-11(14)7-3-9-12(15)8-2-6-10/h10-15H,1-9H2. The van der Waals surface area contributed by atoms with Gasteiger partial charge in [-0.05, 0) is 38.5 Å². The summed E-state index contributed by atoms with van der Waals surface area (Å²) in [7, 11) is 0. The summed E-state index contributed by atoms with van der Waals surface area (Å²) in [6, 6.07) is 0. The Kier molecular flexibility index (Phi) is 7.70. The van der Waals surface area contributed by atoms with Gasteiger partial charge in [0.15, 0.2) is 0 Å². The van der Waals surface area contributed by atoms with Crippen molar-refractivity contribution in [2.75, 3.05) is 0 Å². The molecule has 1 saturated carbocycles. The Morgan fingerprint density at radius 2 is 0.667 bits per heavy atom. The van der Waals surface area contributed by atoms with Gasteiger partial charge in [0.05, 0.1) is 0 Å². The van der Waals surface area contributed by atoms with E-state index in [1.54, 1.807) is 0 Å². The van der Waals surface area contributed by atoms with Gasteiger partial charge < -0.3 is 0 Å². The number of hydrogen-bond donors (Lipinski definition) is 3. The van der Waals surface area contributed by atoms with Gasteiger partial charge in [0, 0.05) is 15.7 Å². The van der Waals surface area contributed by atoms with E-state index in [2.05, 4.69) is 37.9 Å². The first-order valence-corrected chi connectivity index (χ1v) is 7.77. The molecule has 1 aliphatic rings. The van der Waals surface area contributed by atoms with E-state index in [0.29, 0.717) is 15.7 Å². The fourth-order valence-electron chi connectivity index (χ4n) is 2.20. The van der Waals surface area contributed by atoms with Crippen LogP contribution in [0.3, 0.4) is 0 Å². The van der Waals surface area contributed by atoms with Crippen LogP contribution in [0.2, 0.25) is 0 Å². The zero-order valence-electron chi connectivity index (χ0n) is 9.44. The molecular formula is C12H24S3. The van der Waals surface area contributed by atoms with E-state index in [4.69, 9.17) is 0 Å². The molecule has 0 aliphatic heterocycles. The molecule has 1 aliphatic carbocycles. The average Bonchev–Trinajstić information content (AvgIpc) is 2.16. The summed E-state index contributed by atoms with van der Waals surface area (Å²) in [5.74, 6) is 0. The largest absolute Gasteiger partial charge is 0.176 e. The molecular weight excluding hydrogens is 240 g/mol. The fraction of sp³-hybridized carbons (Fsp3) is 1.00. The molecule has 15 heavy (non-hydrogen) atoms. The van der Waals surface area contributed by atoms with Gasteiger partial charge in [-0.2, -0.15) is 37.9 Å². The molecule has 0 atom stereocenters. The highest BCUT2D eigenvalue weighted by Crippen LogP contribution is 2.23. The van der Waals surface area contributed by atoms with Crippen molar-refractivity contribution in [1.29, 1.82) is 0 Å². The monoisotopic (exact) mass is 264 g/mol. The Morgan fingerprint density at radius 1 is 0.467 bits per heavy atom. The summed E-state index contributed by atoms with van der Waals surface area (Å²) in [6.45, 7) is 0. The highest BCUT2D eigenvalue weighted by atomic mass is 32.1. The van der Waals surface area contributed by atoms with Crippen molar-refractivity contribution < 1.29 is 0 Å². The van der Waals surface area contributed by atoms with Crippen LogP contribution in [0.1, 0.15) is 57.8 Å². The van der Waals surface area contributed by atoms with Crippen molar-refractivity contribution >= 4 is 37.9 Å². The molecule has 0 spiro atoms. The molecule has 0 amide bonds. The van der Waals surface area contributed by atoms with E-state index in [9.17, 15) is 0 Å². The maximum atomic E-state index is 4.63. The van der Waals surface area contributed by atoms with Crippen molar-refractivity contribution in [2.24, 2.45) is 0 Å². The Bertz CT molecular complexity index is 120. The van der Waals surface area contributed by atoms with Crippen molar-refractivity contribution in [3.8, 4) is 0 Å². The highest BCUT2D eigenvalue weighted by Gasteiger charge is 2.11. The SMILES string of the molecule is SC1CCCC(S)CCCC(S)CCC1. The molecule has 90 valence electrons. The molecule has 0 aromatic rings. The normalized spacial score (nSPS) is 36.6. The lowest BCUT2D eigenvalue weighted by Crippen LogP contribution is -2.08. The van der Waals surface area contributed by atoms with Crippen LogP contribution in [0.4, 0.5) is 0 Å². The van der Waals surface area contributed by atoms with E-state index in [0.717, 1.165) is 0 Å². The lowest BCUT2D eigenvalue weighted by Gasteiger charge is -2.17. The summed E-state index contributed by atoms with van der Waals surface area (Å²) in [4.78, 5) is 0. The Hall–Kier alpha value is 1.05. The van der Waals surface area contributed by atoms with E-state index < -0.39 is 0 Å². The van der Waals surface area contributed by atoms with Crippen molar-refractivity contribution in [3.63, 3.8) is 0 Å². The van der Waals surface area contributed by atoms with E-state index >= 15 is 0 Å². The van der Waals surface area contributed by atoms with Crippen LogP contribution in [-0.4, -0.2) is 15.7 Å². The lowest BCUT2D eigenvalue weighted by atomic mass is 10.0. The minimum Gasteiger partial charge on any atom is -0.176 e. The molecule has 0 unspecified atom stereocenters. The Balaban J connectivity index is 2.30. The van der Waals surface area contributed by atoms with Crippen LogP contribution >= 0.6 is 37.9 Å². The Morgan fingerprint density at radius 3 is 0.867 bits per heavy atom. The summed E-state index contributed by atoms with van der Waals surface area (Å²) < 4.78 is 0. The summed E-state index contributed by atoms with van der Waals surface area (Å²) >= 11 is 13.9. The van der Waals surface area contributed by atoms with Gasteiger partial charge >= 0.3 is 0 Å². The Labute approximate surface area is 111 Å². The zero-order valence-corrected chi connectivity index (χ0v) is 12.1. The maximum Gasteiger partial charge on any atom is 0.00168 e. The van der Waals surface area contributed by atoms with Crippen LogP contribution < -0.4 is 0 Å². The van der Waals surface area contributed by atoms with Gasteiger partial charge in [-0.1, -0.05) is 19.3 Å². The minimum atomic E-state index is 0.602. The molecule has 0 aromatic heterocycles. The van der Waals surface area contributed by atoms with Crippen LogP contribution in [0.15, 0.2) is 0 Å². The van der Waals surface area contributed by atoms with E-state index in [-0.39, 0.29) is 0 Å². The zero-order chi connectivity index (χ0) is 11.1. The van der Waals surface area contributed by atoms with Crippen LogP contribution in [-0.2, 0) is 0 Å². The topological polar surface area (TPSA) is 0 Å². The van der Waals surface area contributed by atoms with E-state index in [1.165, 1.54) is 57.8 Å². The molecule has 1 rings (SSSR count). The average molecular weight is 265 g/mol. The first-order chi connectivity index (χ1) is 7.18. The predicted octanol–water partition coefficient (Wildman–Crippen LogP) is 4.41. The highest BCUT2D eigenvalue weighted by molar-refractivity contribution is 7.81. The first kappa shape index (κ1) is 14.1. The molecule has 3 heteroatoms. The van der Waals surface area contributed by atoms with Crippen molar-refractivity contribution in [1.82, 2.24) is 0 Å². The number of rotatable bonds is 0. The second kappa shape index (κ2) is 8.19. The van der Waals surface area contributed by atoms with Gasteiger partial charge in [0.1, 0.15) is 0 Å². The molecule has 0 bridgehead atoms. The van der Waals surface area contributed by atoms with Gasteiger partial charge in [-0.25, -0.2) is 0 Å². The number of hydrogen-bond acceptors (Lipinski definition) is 3. The minimum absolute atomic E-state index is 0.602. The summed E-state index contributed by atoms with van der Waals surface area (Å²) in [5, 5.41) is 1.81. The van der Waals surface area contributed by atoms with Crippen molar-refractivity contribution in [3.05, 3.63) is 0 Å². The molecule has 1 fully saturated rings. The molecule has 0 nitrogen and oxygen atoms in total. The van der Waals surface area contributed by atoms with Gasteiger partial charge in [-0.3, -0.25) is 0 Å². The molecule has 0 heterocycles. The summed E-state index contributed by atoms with van der Waals surface area (Å²) in [6.07, 6.45) is 11.5. The van der Waals surface area contributed by atoms with Gasteiger partial charge in [-0.15, -0.1) is 0 Å². The maximum absolute atomic E-state index is 4.63. The van der Waals surface area contributed by atoms with Crippen LogP contribution in [0.5, 0.6) is 0 Å². The summed E-state index contributed by atoms with van der Waals surface area (Å²) in [5.41, 5.74) is 0. The lowest BCUT2D eigenvalue weighted by molar-refractivity contribution is 0.525. The molecule has 0 radical (unpaired) electrons. The fourth-order valence-corrected chi connectivity index (χ4v) is 3.30.